The van der Waals surface area contributed by atoms with Gasteiger partial charge in [-0.1, -0.05) is 184 Å². The molecule has 1 atom stereocenters. The van der Waals surface area contributed by atoms with Crippen molar-refractivity contribution in [3.63, 3.8) is 0 Å². The molecule has 1 unspecified atom stereocenters. The van der Waals surface area contributed by atoms with Crippen molar-refractivity contribution in [2.45, 2.75) is 245 Å². The van der Waals surface area contributed by atoms with E-state index in [2.05, 4.69) is 93.7 Å². The van der Waals surface area contributed by atoms with Crippen LogP contribution < -0.4 is 0 Å². The fraction of sp³-hybridized carbons (Fsp3) is 0.727. The number of unbranched alkanes of at least 4 members (excludes halogenated alkanes) is 22. The van der Waals surface area contributed by atoms with Gasteiger partial charge < -0.3 is 14.2 Å². The molecule has 61 heavy (non-hydrogen) atoms. The van der Waals surface area contributed by atoms with Crippen molar-refractivity contribution >= 4 is 17.9 Å². The number of allylic oxidation sites excluding steroid dienone is 12. The molecule has 0 rings (SSSR count). The van der Waals surface area contributed by atoms with Crippen LogP contribution in [0.3, 0.4) is 0 Å². The van der Waals surface area contributed by atoms with Crippen LogP contribution in [0.2, 0.25) is 0 Å². The zero-order chi connectivity index (χ0) is 44.4. The second kappa shape index (κ2) is 49.5. The molecule has 0 bridgehead atoms. The van der Waals surface area contributed by atoms with E-state index in [0.29, 0.717) is 19.3 Å². The van der Waals surface area contributed by atoms with Crippen LogP contribution in [-0.2, 0) is 28.6 Å². The minimum atomic E-state index is -0.792. The molecule has 0 aromatic rings. The summed E-state index contributed by atoms with van der Waals surface area (Å²) in [5.41, 5.74) is 0. The number of hydrogen-bond acceptors (Lipinski definition) is 6. The highest BCUT2D eigenvalue weighted by Crippen LogP contribution is 2.13. The molecule has 6 nitrogen and oxygen atoms in total. The van der Waals surface area contributed by atoms with Crippen LogP contribution in [0.5, 0.6) is 0 Å². The third kappa shape index (κ3) is 47.7. The molecule has 350 valence electrons. The number of esters is 3. The Hall–Kier alpha value is -3.15. The number of hydrogen-bond donors (Lipinski definition) is 0. The van der Waals surface area contributed by atoms with E-state index in [1.807, 2.05) is 0 Å². The first kappa shape index (κ1) is 57.9. The molecule has 6 heteroatoms. The summed E-state index contributed by atoms with van der Waals surface area (Å²) in [6.07, 6.45) is 61.6. The second-order valence-electron chi connectivity index (χ2n) is 16.7. The highest BCUT2D eigenvalue weighted by molar-refractivity contribution is 5.71. The van der Waals surface area contributed by atoms with Crippen molar-refractivity contribution in [1.29, 1.82) is 0 Å². The number of ether oxygens (including phenoxy) is 3. The van der Waals surface area contributed by atoms with Gasteiger partial charge in [0.15, 0.2) is 6.10 Å². The minimum absolute atomic E-state index is 0.0917. The Labute approximate surface area is 376 Å². The standard InChI is InChI=1S/C55H94O6/c1-4-7-10-13-16-19-22-25-27-28-29-31-33-36-39-42-45-48-54(57)60-51-52(50-59-53(56)47-44-41-38-35-32-24-21-18-15-12-9-6-3)61-55(58)49-46-43-40-37-34-30-26-23-20-17-14-11-8-5-2/h8,11,16-21,25-27,30,52H,4-7,9-10,12-15,22-24,28-29,31-51H2,1-3H3/b11-8-,19-16-,20-17-,21-18-,27-25-,30-26-. The van der Waals surface area contributed by atoms with Crippen molar-refractivity contribution < 1.29 is 28.6 Å². The van der Waals surface area contributed by atoms with Crippen LogP contribution in [0, 0.1) is 0 Å². The third-order valence-electron chi connectivity index (χ3n) is 10.7. The summed E-state index contributed by atoms with van der Waals surface area (Å²) < 4.78 is 16.8. The summed E-state index contributed by atoms with van der Waals surface area (Å²) in [5.74, 6) is -0.931. The summed E-state index contributed by atoms with van der Waals surface area (Å²) in [4.78, 5) is 37.9. The van der Waals surface area contributed by atoms with Gasteiger partial charge >= 0.3 is 17.9 Å². The van der Waals surface area contributed by atoms with E-state index in [4.69, 9.17) is 14.2 Å². The van der Waals surface area contributed by atoms with Crippen LogP contribution >= 0.6 is 0 Å². The number of carbonyl (C=O) groups is 3. The summed E-state index contributed by atoms with van der Waals surface area (Å²) in [6.45, 7) is 6.44. The fourth-order valence-electron chi connectivity index (χ4n) is 6.83. The van der Waals surface area contributed by atoms with E-state index >= 15 is 0 Å². The molecule has 0 spiro atoms. The topological polar surface area (TPSA) is 78.9 Å². The van der Waals surface area contributed by atoms with E-state index in [9.17, 15) is 14.4 Å². The lowest BCUT2D eigenvalue weighted by Gasteiger charge is -2.18. The molecule has 0 aliphatic heterocycles. The lowest BCUT2D eigenvalue weighted by Crippen LogP contribution is -2.30. The zero-order valence-corrected chi connectivity index (χ0v) is 39.9. The molecular weight excluding hydrogens is 757 g/mol. The Morgan fingerprint density at radius 3 is 1.02 bits per heavy atom. The first-order valence-corrected chi connectivity index (χ1v) is 25.4. The lowest BCUT2D eigenvalue weighted by molar-refractivity contribution is -0.167. The van der Waals surface area contributed by atoms with E-state index in [1.165, 1.54) is 89.9 Å². The van der Waals surface area contributed by atoms with Gasteiger partial charge in [0.2, 0.25) is 0 Å². The molecule has 0 saturated heterocycles. The molecule has 0 amide bonds. The van der Waals surface area contributed by atoms with Crippen LogP contribution in [0.4, 0.5) is 0 Å². The van der Waals surface area contributed by atoms with Gasteiger partial charge in [-0.3, -0.25) is 14.4 Å². The molecule has 0 aromatic carbocycles. The molecule has 0 aromatic heterocycles. The summed E-state index contributed by atoms with van der Waals surface area (Å²) >= 11 is 0. The van der Waals surface area contributed by atoms with Crippen molar-refractivity contribution in [2.24, 2.45) is 0 Å². The SMILES string of the molecule is CC/C=C\C/C=C\C/C=C\CCCCCCC(=O)OC(COC(=O)CCCCCCC/C=C\CCCCC)COC(=O)CCCCCCCCC/C=C\C/C=C\CCCCC. The number of rotatable bonds is 45. The number of carbonyl (C=O) groups excluding carboxylic acids is 3. The Morgan fingerprint density at radius 1 is 0.344 bits per heavy atom. The largest absolute Gasteiger partial charge is 0.462 e. The van der Waals surface area contributed by atoms with Gasteiger partial charge in [0.05, 0.1) is 0 Å². The quantitative estimate of drug-likeness (QED) is 0.0263. The van der Waals surface area contributed by atoms with Crippen LogP contribution in [0.1, 0.15) is 239 Å². The van der Waals surface area contributed by atoms with Crippen molar-refractivity contribution in [3.8, 4) is 0 Å². The lowest BCUT2D eigenvalue weighted by atomic mass is 10.1. The predicted octanol–water partition coefficient (Wildman–Crippen LogP) is 16.6. The summed E-state index contributed by atoms with van der Waals surface area (Å²) in [5, 5.41) is 0. The maximum absolute atomic E-state index is 12.8. The van der Waals surface area contributed by atoms with Gasteiger partial charge in [-0.05, 0) is 109 Å². The first-order valence-electron chi connectivity index (χ1n) is 25.4. The molecular formula is C55H94O6. The fourth-order valence-corrected chi connectivity index (χ4v) is 6.83. The highest BCUT2D eigenvalue weighted by atomic mass is 16.6. The average Bonchev–Trinajstić information content (AvgIpc) is 3.26. The van der Waals surface area contributed by atoms with E-state index in [1.54, 1.807) is 0 Å². The van der Waals surface area contributed by atoms with Gasteiger partial charge in [-0.15, -0.1) is 0 Å². The molecule has 0 radical (unpaired) electrons. The Balaban J connectivity index is 4.42. The maximum Gasteiger partial charge on any atom is 0.306 e. The zero-order valence-electron chi connectivity index (χ0n) is 39.9. The highest BCUT2D eigenvalue weighted by Gasteiger charge is 2.19. The molecule has 0 aliphatic rings. The van der Waals surface area contributed by atoms with E-state index in [-0.39, 0.29) is 31.1 Å². The maximum atomic E-state index is 12.8. The van der Waals surface area contributed by atoms with E-state index in [0.717, 1.165) is 109 Å². The van der Waals surface area contributed by atoms with Gasteiger partial charge in [0.25, 0.3) is 0 Å². The molecule has 0 saturated carbocycles. The van der Waals surface area contributed by atoms with Crippen molar-refractivity contribution in [2.75, 3.05) is 13.2 Å². The van der Waals surface area contributed by atoms with Gasteiger partial charge in [0, 0.05) is 19.3 Å². The first-order chi connectivity index (χ1) is 30.0. The second-order valence-corrected chi connectivity index (χ2v) is 16.7. The van der Waals surface area contributed by atoms with Gasteiger partial charge in [-0.25, -0.2) is 0 Å². The van der Waals surface area contributed by atoms with Gasteiger partial charge in [-0.2, -0.15) is 0 Å². The molecule has 0 aliphatic carbocycles. The Kier molecular flexibility index (Phi) is 46.9. The van der Waals surface area contributed by atoms with Crippen molar-refractivity contribution in [3.05, 3.63) is 72.9 Å². The monoisotopic (exact) mass is 851 g/mol. The molecule has 0 heterocycles. The molecule has 0 N–H and O–H groups in total. The smallest absolute Gasteiger partial charge is 0.306 e. The van der Waals surface area contributed by atoms with Crippen LogP contribution in [0.25, 0.3) is 0 Å². The van der Waals surface area contributed by atoms with Gasteiger partial charge in [0.1, 0.15) is 13.2 Å². The summed E-state index contributed by atoms with van der Waals surface area (Å²) in [6, 6.07) is 0. The molecule has 0 fully saturated rings. The van der Waals surface area contributed by atoms with Crippen LogP contribution in [-0.4, -0.2) is 37.2 Å². The minimum Gasteiger partial charge on any atom is -0.462 e. The Bertz CT molecular complexity index is 1160. The normalized spacial score (nSPS) is 12.6. The van der Waals surface area contributed by atoms with Crippen LogP contribution in [0.15, 0.2) is 72.9 Å². The summed E-state index contributed by atoms with van der Waals surface area (Å²) in [7, 11) is 0. The predicted molar refractivity (Wildman–Crippen MR) is 261 cm³/mol. The third-order valence-corrected chi connectivity index (χ3v) is 10.7. The van der Waals surface area contributed by atoms with Crippen molar-refractivity contribution in [1.82, 2.24) is 0 Å². The average molecular weight is 851 g/mol. The van der Waals surface area contributed by atoms with E-state index < -0.39 is 6.10 Å². The Morgan fingerprint density at radius 2 is 0.639 bits per heavy atom.